The number of aliphatic carboxylic acids is 1. The van der Waals surface area contributed by atoms with E-state index in [1.54, 1.807) is 0 Å². The van der Waals surface area contributed by atoms with Gasteiger partial charge in [0.1, 0.15) is 0 Å². The van der Waals surface area contributed by atoms with Crippen LogP contribution in [0.25, 0.3) is 0 Å². The summed E-state index contributed by atoms with van der Waals surface area (Å²) >= 11 is 0. The van der Waals surface area contributed by atoms with Crippen molar-refractivity contribution in [3.63, 3.8) is 0 Å². The maximum absolute atomic E-state index is 10.9. The van der Waals surface area contributed by atoms with Crippen molar-refractivity contribution < 1.29 is 19.4 Å². The lowest BCUT2D eigenvalue weighted by Gasteiger charge is -2.24. The summed E-state index contributed by atoms with van der Waals surface area (Å²) in [6, 6.07) is 0. The first-order valence-electron chi connectivity index (χ1n) is 5.81. The van der Waals surface area contributed by atoms with Gasteiger partial charge < -0.3 is 14.6 Å². The Labute approximate surface area is 96.3 Å². The van der Waals surface area contributed by atoms with E-state index in [0.717, 1.165) is 26.1 Å². The van der Waals surface area contributed by atoms with Crippen LogP contribution in [0, 0.1) is 0 Å². The third-order valence-electron chi connectivity index (χ3n) is 2.60. The molecular weight excluding hydrogens is 210 g/mol. The van der Waals surface area contributed by atoms with Crippen molar-refractivity contribution in [2.75, 3.05) is 32.8 Å². The van der Waals surface area contributed by atoms with Crippen molar-refractivity contribution in [3.8, 4) is 0 Å². The quantitative estimate of drug-likeness (QED) is 0.750. The van der Waals surface area contributed by atoms with E-state index in [1.807, 2.05) is 13.8 Å². The molecule has 0 aromatic carbocycles. The van der Waals surface area contributed by atoms with Gasteiger partial charge in [-0.3, -0.25) is 4.90 Å². The maximum atomic E-state index is 10.9. The van der Waals surface area contributed by atoms with Crippen molar-refractivity contribution in [2.24, 2.45) is 0 Å². The van der Waals surface area contributed by atoms with Crippen LogP contribution in [-0.4, -0.2) is 61.0 Å². The van der Waals surface area contributed by atoms with Crippen LogP contribution in [0.5, 0.6) is 0 Å². The zero-order valence-corrected chi connectivity index (χ0v) is 10.0. The molecule has 0 saturated carbocycles. The largest absolute Gasteiger partial charge is 0.479 e. The molecule has 0 spiro atoms. The van der Waals surface area contributed by atoms with Gasteiger partial charge in [-0.25, -0.2) is 4.79 Å². The van der Waals surface area contributed by atoms with Crippen molar-refractivity contribution in [1.82, 2.24) is 4.90 Å². The number of rotatable bonds is 5. The highest BCUT2D eigenvalue weighted by molar-refractivity contribution is 5.72. The Morgan fingerprint density at radius 3 is 3.06 bits per heavy atom. The average molecular weight is 231 g/mol. The van der Waals surface area contributed by atoms with E-state index >= 15 is 0 Å². The van der Waals surface area contributed by atoms with E-state index < -0.39 is 12.1 Å². The first-order chi connectivity index (χ1) is 7.63. The van der Waals surface area contributed by atoms with Crippen LogP contribution in [0.1, 0.15) is 20.3 Å². The minimum Gasteiger partial charge on any atom is -0.479 e. The lowest BCUT2D eigenvalue weighted by Crippen LogP contribution is -2.41. The third kappa shape index (κ3) is 4.47. The first-order valence-corrected chi connectivity index (χ1v) is 5.81. The molecule has 0 bridgehead atoms. The highest BCUT2D eigenvalue weighted by Gasteiger charge is 2.23. The second-order valence-corrected chi connectivity index (χ2v) is 4.08. The fourth-order valence-corrected chi connectivity index (χ4v) is 1.88. The van der Waals surface area contributed by atoms with E-state index in [1.165, 1.54) is 0 Å². The Balaban J connectivity index is 2.45. The van der Waals surface area contributed by atoms with Crippen LogP contribution in [-0.2, 0) is 14.3 Å². The van der Waals surface area contributed by atoms with Gasteiger partial charge in [-0.2, -0.15) is 0 Å². The Morgan fingerprint density at radius 1 is 1.69 bits per heavy atom. The molecule has 1 N–H and O–H groups in total. The van der Waals surface area contributed by atoms with Gasteiger partial charge in [0.15, 0.2) is 6.10 Å². The summed E-state index contributed by atoms with van der Waals surface area (Å²) in [6.45, 7) is 7.09. The van der Waals surface area contributed by atoms with Crippen molar-refractivity contribution in [1.29, 1.82) is 0 Å². The van der Waals surface area contributed by atoms with E-state index in [2.05, 4.69) is 4.90 Å². The molecular formula is C11H21NO4. The molecule has 1 fully saturated rings. The zero-order chi connectivity index (χ0) is 12.0. The molecule has 1 heterocycles. The van der Waals surface area contributed by atoms with Gasteiger partial charge in [0, 0.05) is 32.8 Å². The monoisotopic (exact) mass is 231 g/mol. The first kappa shape index (κ1) is 13.4. The Hall–Kier alpha value is -0.650. The average Bonchev–Trinajstić information content (AvgIpc) is 2.42. The second kappa shape index (κ2) is 6.83. The summed E-state index contributed by atoms with van der Waals surface area (Å²) in [5.41, 5.74) is 0. The van der Waals surface area contributed by atoms with E-state index in [0.29, 0.717) is 13.2 Å². The Bertz CT molecular complexity index is 222. The summed E-state index contributed by atoms with van der Waals surface area (Å²) in [4.78, 5) is 13.1. The Kier molecular flexibility index (Phi) is 5.73. The van der Waals surface area contributed by atoms with Crippen molar-refractivity contribution >= 4 is 5.97 Å². The van der Waals surface area contributed by atoms with Crippen molar-refractivity contribution in [2.45, 2.75) is 32.5 Å². The molecule has 2 atom stereocenters. The second-order valence-electron chi connectivity index (χ2n) is 4.08. The molecule has 0 amide bonds. The van der Waals surface area contributed by atoms with Crippen molar-refractivity contribution in [3.05, 3.63) is 0 Å². The molecule has 0 radical (unpaired) electrons. The third-order valence-corrected chi connectivity index (χ3v) is 2.60. The van der Waals surface area contributed by atoms with E-state index in [9.17, 15) is 4.79 Å². The number of nitrogens with zero attached hydrogens (tertiary/aromatic N) is 1. The summed E-state index contributed by atoms with van der Waals surface area (Å²) in [6.07, 6.45) is 0.386. The predicted octanol–water partition coefficient (Wildman–Crippen LogP) is 0.587. The summed E-state index contributed by atoms with van der Waals surface area (Å²) in [5, 5.41) is 8.99. The molecule has 0 aromatic heterocycles. The van der Waals surface area contributed by atoms with Gasteiger partial charge in [-0.1, -0.05) is 0 Å². The van der Waals surface area contributed by atoms with Crippen LogP contribution in [0.15, 0.2) is 0 Å². The van der Waals surface area contributed by atoms with Gasteiger partial charge in [0.05, 0.1) is 6.10 Å². The molecule has 1 saturated heterocycles. The summed E-state index contributed by atoms with van der Waals surface area (Å²) in [5.74, 6) is -0.889. The highest BCUT2D eigenvalue weighted by Crippen LogP contribution is 2.07. The van der Waals surface area contributed by atoms with Gasteiger partial charge in [-0.15, -0.1) is 0 Å². The smallest absolute Gasteiger partial charge is 0.334 e. The normalized spacial score (nSPS) is 25.0. The maximum Gasteiger partial charge on any atom is 0.334 e. The van der Waals surface area contributed by atoms with Crippen LogP contribution >= 0.6 is 0 Å². The molecule has 2 unspecified atom stereocenters. The van der Waals surface area contributed by atoms with Crippen LogP contribution in [0.3, 0.4) is 0 Å². The predicted molar refractivity (Wildman–Crippen MR) is 59.5 cm³/mol. The minimum absolute atomic E-state index is 0.165. The van der Waals surface area contributed by atoms with Gasteiger partial charge in [0.25, 0.3) is 0 Å². The number of carbonyl (C=O) groups is 1. The topological polar surface area (TPSA) is 59.0 Å². The fourth-order valence-electron chi connectivity index (χ4n) is 1.88. The molecule has 0 aliphatic carbocycles. The molecule has 0 aromatic rings. The molecule has 16 heavy (non-hydrogen) atoms. The molecule has 94 valence electrons. The lowest BCUT2D eigenvalue weighted by atomic mass is 10.2. The fraction of sp³-hybridized carbons (Fsp3) is 0.909. The van der Waals surface area contributed by atoms with E-state index in [4.69, 9.17) is 14.6 Å². The van der Waals surface area contributed by atoms with Crippen LogP contribution in [0.4, 0.5) is 0 Å². The standard InChI is InChI=1S/C11H21NO4/c1-3-15-10(11(13)14)8-12-5-4-6-16-9(2)7-12/h9-10H,3-8H2,1-2H3,(H,13,14). The molecule has 5 nitrogen and oxygen atoms in total. The summed E-state index contributed by atoms with van der Waals surface area (Å²) in [7, 11) is 0. The van der Waals surface area contributed by atoms with Gasteiger partial charge in [-0.05, 0) is 20.3 Å². The number of carboxylic acids is 1. The van der Waals surface area contributed by atoms with Crippen LogP contribution in [0.2, 0.25) is 0 Å². The Morgan fingerprint density at radius 2 is 2.44 bits per heavy atom. The van der Waals surface area contributed by atoms with Gasteiger partial charge >= 0.3 is 5.97 Å². The number of hydrogen-bond donors (Lipinski definition) is 1. The number of carboxylic acid groups (broad SMARTS) is 1. The zero-order valence-electron chi connectivity index (χ0n) is 10.0. The number of hydrogen-bond acceptors (Lipinski definition) is 4. The van der Waals surface area contributed by atoms with E-state index in [-0.39, 0.29) is 6.10 Å². The minimum atomic E-state index is -0.889. The molecule has 1 aliphatic heterocycles. The lowest BCUT2D eigenvalue weighted by molar-refractivity contribution is -0.151. The number of ether oxygens (including phenoxy) is 2. The summed E-state index contributed by atoms with van der Waals surface area (Å²) < 4.78 is 10.7. The highest BCUT2D eigenvalue weighted by atomic mass is 16.5. The molecule has 1 aliphatic rings. The van der Waals surface area contributed by atoms with Gasteiger partial charge in [0.2, 0.25) is 0 Å². The molecule has 1 rings (SSSR count). The SMILES string of the molecule is CCOC(CN1CCCOC(C)C1)C(=O)O. The van der Waals surface area contributed by atoms with Crippen LogP contribution < -0.4 is 0 Å². The molecule has 5 heteroatoms.